The van der Waals surface area contributed by atoms with E-state index in [1.54, 1.807) is 72.7 Å². The SMILES string of the molecule is COC(=O)[C@@]12OC[C@]34C([C@@H](O)[C@@H]1O)[C@@]1(C)CC(=O)C(OC[C@@](C=O)(Cc5ccccc5)NC(=O)OC(C)(C)C)=C(C)[C@@H]1C[C@H]3OC(=O)[C@H](OC(=O)C=C(C)C)[C@@H]24. The minimum Gasteiger partial charge on any atom is -0.487 e. The molecule has 2 bridgehead atoms. The van der Waals surface area contributed by atoms with Crippen molar-refractivity contribution in [1.29, 1.82) is 0 Å². The van der Waals surface area contributed by atoms with Gasteiger partial charge in [-0.25, -0.2) is 19.2 Å². The molecule has 4 fully saturated rings. The summed E-state index contributed by atoms with van der Waals surface area (Å²) in [6.07, 6.45) is -5.70. The maximum absolute atomic E-state index is 14.3. The monoisotopic (exact) mass is 781 g/mol. The molecule has 2 saturated carbocycles. The molecule has 11 atom stereocenters. The van der Waals surface area contributed by atoms with Gasteiger partial charge in [0.05, 0.1) is 25.7 Å². The first kappa shape index (κ1) is 41.0. The fourth-order valence-electron chi connectivity index (χ4n) is 10.3. The maximum Gasteiger partial charge on any atom is 0.408 e. The predicted octanol–water partition coefficient (Wildman–Crippen LogP) is 2.68. The molecule has 304 valence electrons. The van der Waals surface area contributed by atoms with E-state index in [0.29, 0.717) is 23.0 Å². The molecular weight excluding hydrogens is 730 g/mol. The minimum absolute atomic E-state index is 0.00757. The second-order valence-electron chi connectivity index (χ2n) is 17.3. The number of ketones is 1. The Bertz CT molecular complexity index is 1860. The Balaban J connectivity index is 1.40. The van der Waals surface area contributed by atoms with Crippen molar-refractivity contribution in [3.8, 4) is 0 Å². The number of aldehydes is 1. The lowest BCUT2D eigenvalue weighted by Crippen LogP contribution is -2.79. The Kier molecular flexibility index (Phi) is 10.6. The smallest absolute Gasteiger partial charge is 0.408 e. The number of carbonyl (C=O) groups is 6. The van der Waals surface area contributed by atoms with Crippen LogP contribution < -0.4 is 5.32 Å². The fraction of sp³-hybridized carbons (Fsp3) is 0.610. The molecule has 0 radical (unpaired) electrons. The van der Waals surface area contributed by atoms with Crippen LogP contribution in [-0.2, 0) is 58.8 Å². The molecule has 56 heavy (non-hydrogen) atoms. The summed E-state index contributed by atoms with van der Waals surface area (Å²) in [5, 5.41) is 26.7. The number of allylic oxidation sites excluding steroid dienone is 3. The van der Waals surface area contributed by atoms with E-state index in [2.05, 4.69) is 5.32 Å². The first-order valence-electron chi connectivity index (χ1n) is 18.7. The molecular formula is C41H51NO14. The third-order valence-electron chi connectivity index (χ3n) is 12.3. The van der Waals surface area contributed by atoms with Crippen molar-refractivity contribution < 1.29 is 67.4 Å². The number of nitrogens with one attached hydrogen (secondary N) is 1. The average molecular weight is 782 g/mol. The first-order valence-corrected chi connectivity index (χ1v) is 18.7. The number of carbonyl (C=O) groups excluding carboxylic acids is 6. The number of aliphatic hydroxyl groups is 2. The third-order valence-corrected chi connectivity index (χ3v) is 12.3. The molecule has 0 aromatic heterocycles. The van der Waals surface area contributed by atoms with Gasteiger partial charge in [0.1, 0.15) is 36.2 Å². The lowest BCUT2D eigenvalue weighted by molar-refractivity contribution is -0.290. The Labute approximate surface area is 325 Å². The van der Waals surface area contributed by atoms with E-state index < -0.39 is 106 Å². The largest absolute Gasteiger partial charge is 0.487 e. The van der Waals surface area contributed by atoms with E-state index in [-0.39, 0.29) is 31.6 Å². The van der Waals surface area contributed by atoms with Crippen molar-refractivity contribution in [1.82, 2.24) is 5.32 Å². The van der Waals surface area contributed by atoms with E-state index in [0.717, 1.165) is 7.11 Å². The Morgan fingerprint density at radius 1 is 1.07 bits per heavy atom. The number of Topliss-reactive ketones (excluding diaryl/α,β-unsaturated/α-hetero) is 1. The number of fused-ring (bicyclic) bond motifs is 2. The van der Waals surface area contributed by atoms with Crippen molar-refractivity contribution in [2.45, 2.75) is 109 Å². The molecule has 1 aromatic carbocycles. The number of rotatable bonds is 10. The quantitative estimate of drug-likeness (QED) is 0.135. The van der Waals surface area contributed by atoms with Crippen molar-refractivity contribution in [3.05, 3.63) is 58.9 Å². The molecule has 3 aliphatic carbocycles. The van der Waals surface area contributed by atoms with Crippen LogP contribution in [0, 0.1) is 28.6 Å². The Morgan fingerprint density at radius 3 is 2.36 bits per heavy atom. The number of hydrogen-bond donors (Lipinski definition) is 3. The van der Waals surface area contributed by atoms with Crippen LogP contribution in [0.4, 0.5) is 4.79 Å². The number of benzene rings is 1. The fourth-order valence-corrected chi connectivity index (χ4v) is 10.3. The standard InChI is InChI=1S/C41H51NO14/c1-21(2)14-27(45)55-30-32-40-20-53-41(32,35(49)51-8)33(47)28(46)31(40)38(7)17-25(44)29(22(3)24(38)15-26(40)54-34(30)48)52-19-39(18-43,16-23-12-10-9-11-13-23)42-36(50)56-37(4,5)6/h9-14,18,24,26,28,30-33,46-47H,15-17,19-20H2,1-8H3,(H,42,50)/t24-,26+,28+,30+,31?,32+,33-,38-,39-,40+,41-/m0/s1. The Morgan fingerprint density at radius 2 is 1.75 bits per heavy atom. The van der Waals surface area contributed by atoms with Gasteiger partial charge in [0.15, 0.2) is 11.5 Å². The molecule has 15 heteroatoms. The molecule has 2 heterocycles. The molecule has 1 amide bonds. The summed E-state index contributed by atoms with van der Waals surface area (Å²) in [6.45, 7) is 11.1. The van der Waals surface area contributed by atoms with Crippen LogP contribution in [0.25, 0.3) is 0 Å². The summed E-state index contributed by atoms with van der Waals surface area (Å²) in [5.41, 5.74) is -5.70. The average Bonchev–Trinajstić information content (AvgIpc) is 3.41. The van der Waals surface area contributed by atoms with Crippen molar-refractivity contribution in [2.75, 3.05) is 20.3 Å². The summed E-state index contributed by atoms with van der Waals surface area (Å²) >= 11 is 0. The van der Waals surface area contributed by atoms with Crippen LogP contribution in [0.15, 0.2) is 53.3 Å². The highest BCUT2D eigenvalue weighted by molar-refractivity contribution is 5.96. The van der Waals surface area contributed by atoms with Crippen molar-refractivity contribution in [3.63, 3.8) is 0 Å². The van der Waals surface area contributed by atoms with Gasteiger partial charge < -0.3 is 48.7 Å². The van der Waals surface area contributed by atoms with Gasteiger partial charge in [-0.05, 0) is 70.4 Å². The Hall–Kier alpha value is -4.60. The minimum atomic E-state index is -2.31. The van der Waals surface area contributed by atoms with Gasteiger partial charge >= 0.3 is 24.0 Å². The number of methoxy groups -OCH3 is 1. The van der Waals surface area contributed by atoms with Gasteiger partial charge in [0.2, 0.25) is 11.7 Å². The van der Waals surface area contributed by atoms with Gasteiger partial charge in [-0.1, -0.05) is 42.8 Å². The van der Waals surface area contributed by atoms with Gasteiger partial charge in [-0.3, -0.25) is 4.79 Å². The maximum atomic E-state index is 14.3. The summed E-state index contributed by atoms with van der Waals surface area (Å²) in [5.74, 6) is -6.45. The lowest BCUT2D eigenvalue weighted by atomic mass is 9.38. The molecule has 6 rings (SSSR count). The number of hydrogen-bond acceptors (Lipinski definition) is 14. The molecule has 15 nitrogen and oxygen atoms in total. The highest BCUT2D eigenvalue weighted by atomic mass is 16.6. The molecule has 1 aromatic rings. The number of esters is 3. The van der Waals surface area contributed by atoms with E-state index in [1.165, 1.54) is 6.08 Å². The second kappa shape index (κ2) is 14.4. The molecule has 2 saturated heterocycles. The van der Waals surface area contributed by atoms with Crippen LogP contribution in [-0.4, -0.2) is 108 Å². The molecule has 5 aliphatic rings. The summed E-state index contributed by atoms with van der Waals surface area (Å²) in [7, 11) is 1.08. The van der Waals surface area contributed by atoms with Gasteiger partial charge in [-0.2, -0.15) is 0 Å². The highest BCUT2D eigenvalue weighted by Crippen LogP contribution is 2.73. The van der Waals surface area contributed by atoms with E-state index >= 15 is 0 Å². The van der Waals surface area contributed by atoms with Crippen LogP contribution in [0.2, 0.25) is 0 Å². The topological polar surface area (TPSA) is 210 Å². The van der Waals surface area contributed by atoms with E-state index in [1.807, 2.05) is 6.07 Å². The lowest BCUT2D eigenvalue weighted by Gasteiger charge is -2.67. The van der Waals surface area contributed by atoms with E-state index in [9.17, 15) is 39.0 Å². The third kappa shape index (κ3) is 6.50. The second-order valence-corrected chi connectivity index (χ2v) is 17.3. The van der Waals surface area contributed by atoms with Crippen LogP contribution >= 0.6 is 0 Å². The normalized spacial score (nSPS) is 35.4. The van der Waals surface area contributed by atoms with Crippen LogP contribution in [0.3, 0.4) is 0 Å². The molecule has 1 spiro atoms. The summed E-state index contributed by atoms with van der Waals surface area (Å²) < 4.78 is 34.8. The zero-order valence-corrected chi connectivity index (χ0v) is 32.9. The first-order chi connectivity index (χ1) is 26.2. The summed E-state index contributed by atoms with van der Waals surface area (Å²) in [6, 6.07) is 8.94. The van der Waals surface area contributed by atoms with Gasteiger partial charge in [-0.15, -0.1) is 0 Å². The van der Waals surface area contributed by atoms with Crippen molar-refractivity contribution >= 4 is 36.1 Å². The van der Waals surface area contributed by atoms with Gasteiger partial charge in [0, 0.05) is 30.3 Å². The van der Waals surface area contributed by atoms with Gasteiger partial charge in [0.25, 0.3) is 0 Å². The van der Waals surface area contributed by atoms with E-state index in [4.69, 9.17) is 28.4 Å². The number of amides is 1. The number of aliphatic hydroxyl groups excluding tert-OH is 2. The van der Waals surface area contributed by atoms with Crippen molar-refractivity contribution in [2.24, 2.45) is 28.6 Å². The zero-order valence-electron chi connectivity index (χ0n) is 32.9. The zero-order chi connectivity index (χ0) is 41.2. The summed E-state index contributed by atoms with van der Waals surface area (Å²) in [4.78, 5) is 80.9. The number of ether oxygens (including phenoxy) is 6. The molecule has 3 N–H and O–H groups in total. The van der Waals surface area contributed by atoms with Crippen LogP contribution in [0.5, 0.6) is 0 Å². The predicted molar refractivity (Wildman–Crippen MR) is 194 cm³/mol. The highest BCUT2D eigenvalue weighted by Gasteiger charge is 2.85. The molecule has 2 aliphatic heterocycles. The number of alkyl carbamates (subject to hydrolysis) is 1. The molecule has 1 unspecified atom stereocenters. The van der Waals surface area contributed by atoms with Crippen LogP contribution in [0.1, 0.15) is 66.9 Å².